The first-order chi connectivity index (χ1) is 9.72. The summed E-state index contributed by atoms with van der Waals surface area (Å²) in [5.74, 6) is 0.812. The van der Waals surface area contributed by atoms with Crippen molar-refractivity contribution in [1.29, 1.82) is 0 Å². The third-order valence-corrected chi connectivity index (χ3v) is 3.28. The number of para-hydroxylation sites is 1. The molecule has 3 aromatic rings. The van der Waals surface area contributed by atoms with Crippen LogP contribution in [-0.4, -0.2) is 4.98 Å². The third-order valence-electron chi connectivity index (χ3n) is 3.28. The van der Waals surface area contributed by atoms with Crippen LogP contribution in [0.4, 0.5) is 5.69 Å². The van der Waals surface area contributed by atoms with Crippen molar-refractivity contribution < 1.29 is 4.74 Å². The summed E-state index contributed by atoms with van der Waals surface area (Å²) in [5, 5.41) is 1.14. The molecule has 0 aliphatic heterocycles. The minimum atomic E-state index is 0.453. The highest BCUT2D eigenvalue weighted by molar-refractivity contribution is 5.78. The molecule has 0 aliphatic carbocycles. The Bertz CT molecular complexity index is 753. The van der Waals surface area contributed by atoms with E-state index in [0.717, 1.165) is 33.6 Å². The van der Waals surface area contributed by atoms with E-state index in [1.54, 1.807) is 0 Å². The van der Waals surface area contributed by atoms with Gasteiger partial charge in [-0.15, -0.1) is 0 Å². The van der Waals surface area contributed by atoms with Crippen molar-refractivity contribution >= 4 is 16.6 Å². The maximum absolute atomic E-state index is 5.79. The van der Waals surface area contributed by atoms with Crippen molar-refractivity contribution in [3.63, 3.8) is 0 Å². The van der Waals surface area contributed by atoms with Crippen LogP contribution in [0.1, 0.15) is 11.3 Å². The van der Waals surface area contributed by atoms with Crippen LogP contribution in [0.5, 0.6) is 5.75 Å². The zero-order valence-corrected chi connectivity index (χ0v) is 11.3. The van der Waals surface area contributed by atoms with Crippen molar-refractivity contribution in [3.05, 3.63) is 65.9 Å². The van der Waals surface area contributed by atoms with Gasteiger partial charge in [-0.3, -0.25) is 0 Å². The monoisotopic (exact) mass is 264 g/mol. The quantitative estimate of drug-likeness (QED) is 0.734. The van der Waals surface area contributed by atoms with Crippen LogP contribution in [0, 0.1) is 6.92 Å². The molecule has 1 heterocycles. The fraction of sp³-hybridized carbons (Fsp3) is 0.118. The van der Waals surface area contributed by atoms with E-state index in [4.69, 9.17) is 10.5 Å². The Labute approximate surface area is 118 Å². The predicted octanol–water partition coefficient (Wildman–Crippen LogP) is 3.70. The van der Waals surface area contributed by atoms with Gasteiger partial charge in [-0.25, -0.2) is 4.98 Å². The van der Waals surface area contributed by atoms with Crippen LogP contribution in [0.2, 0.25) is 0 Å². The highest BCUT2D eigenvalue weighted by Gasteiger charge is 2.01. The number of fused-ring (bicyclic) bond motifs is 1. The number of aryl methyl sites for hydroxylation is 1. The van der Waals surface area contributed by atoms with Gasteiger partial charge in [-0.2, -0.15) is 0 Å². The summed E-state index contributed by atoms with van der Waals surface area (Å²) in [7, 11) is 0. The molecule has 2 aromatic carbocycles. The van der Waals surface area contributed by atoms with Crippen LogP contribution in [0.3, 0.4) is 0 Å². The fourth-order valence-corrected chi connectivity index (χ4v) is 2.08. The molecular formula is C17H16N2O. The van der Waals surface area contributed by atoms with E-state index in [0.29, 0.717) is 6.61 Å². The maximum Gasteiger partial charge on any atom is 0.130 e. The number of benzene rings is 2. The van der Waals surface area contributed by atoms with E-state index in [-0.39, 0.29) is 0 Å². The Morgan fingerprint density at radius 2 is 1.90 bits per heavy atom. The second-order valence-corrected chi connectivity index (χ2v) is 4.80. The molecule has 0 amide bonds. The number of aromatic nitrogens is 1. The van der Waals surface area contributed by atoms with E-state index in [1.165, 1.54) is 0 Å². The molecule has 0 fully saturated rings. The van der Waals surface area contributed by atoms with E-state index in [9.17, 15) is 0 Å². The number of pyridine rings is 1. The number of rotatable bonds is 3. The average molecular weight is 264 g/mol. The van der Waals surface area contributed by atoms with E-state index < -0.39 is 0 Å². The van der Waals surface area contributed by atoms with Crippen molar-refractivity contribution in [2.24, 2.45) is 0 Å². The lowest BCUT2D eigenvalue weighted by atomic mass is 10.2. The lowest BCUT2D eigenvalue weighted by Gasteiger charge is -2.08. The van der Waals surface area contributed by atoms with E-state index >= 15 is 0 Å². The molecular weight excluding hydrogens is 248 g/mol. The standard InChI is InChI=1S/C17H16N2O/c1-12-10-15(8-9-16(12)18)20-11-14-7-6-13-4-2-3-5-17(13)19-14/h2-10H,11,18H2,1H3. The normalized spacial score (nSPS) is 10.7. The van der Waals surface area contributed by atoms with Gasteiger partial charge in [0.25, 0.3) is 0 Å². The van der Waals surface area contributed by atoms with Crippen molar-refractivity contribution in [2.45, 2.75) is 13.5 Å². The Hall–Kier alpha value is -2.55. The molecule has 2 N–H and O–H groups in total. The molecule has 3 heteroatoms. The Morgan fingerprint density at radius 3 is 2.75 bits per heavy atom. The second-order valence-electron chi connectivity index (χ2n) is 4.80. The van der Waals surface area contributed by atoms with Crippen LogP contribution in [0.25, 0.3) is 10.9 Å². The molecule has 0 bridgehead atoms. The molecule has 0 saturated carbocycles. The number of anilines is 1. The highest BCUT2D eigenvalue weighted by Crippen LogP contribution is 2.20. The first-order valence-electron chi connectivity index (χ1n) is 6.56. The number of nitrogens with two attached hydrogens (primary N) is 1. The van der Waals surface area contributed by atoms with Crippen LogP contribution in [0.15, 0.2) is 54.6 Å². The number of nitrogens with zero attached hydrogens (tertiary/aromatic N) is 1. The topological polar surface area (TPSA) is 48.1 Å². The first kappa shape index (κ1) is 12.5. The molecule has 100 valence electrons. The molecule has 3 nitrogen and oxygen atoms in total. The van der Waals surface area contributed by atoms with Crippen LogP contribution in [-0.2, 0) is 6.61 Å². The maximum atomic E-state index is 5.79. The molecule has 0 radical (unpaired) electrons. The molecule has 0 saturated heterocycles. The molecule has 20 heavy (non-hydrogen) atoms. The van der Waals surface area contributed by atoms with Crippen molar-refractivity contribution in [1.82, 2.24) is 4.98 Å². The smallest absolute Gasteiger partial charge is 0.130 e. The van der Waals surface area contributed by atoms with Gasteiger partial charge < -0.3 is 10.5 Å². The molecule has 0 unspecified atom stereocenters. The largest absolute Gasteiger partial charge is 0.487 e. The van der Waals surface area contributed by atoms with Gasteiger partial charge in [0, 0.05) is 11.1 Å². The Kier molecular flexibility index (Phi) is 3.25. The van der Waals surface area contributed by atoms with Crippen LogP contribution >= 0.6 is 0 Å². The van der Waals surface area contributed by atoms with E-state index in [1.807, 2.05) is 49.4 Å². The van der Waals surface area contributed by atoms with Crippen molar-refractivity contribution in [2.75, 3.05) is 5.73 Å². The summed E-state index contributed by atoms with van der Waals surface area (Å²) in [6.07, 6.45) is 0. The van der Waals surface area contributed by atoms with Gasteiger partial charge in [0.05, 0.1) is 11.2 Å². The van der Waals surface area contributed by atoms with Gasteiger partial charge in [-0.1, -0.05) is 24.3 Å². The van der Waals surface area contributed by atoms with Crippen LogP contribution < -0.4 is 10.5 Å². The van der Waals surface area contributed by atoms with Gasteiger partial charge in [-0.05, 0) is 42.8 Å². The molecule has 0 aliphatic rings. The lowest BCUT2D eigenvalue weighted by molar-refractivity contribution is 0.301. The second kappa shape index (κ2) is 5.21. The SMILES string of the molecule is Cc1cc(OCc2ccc3ccccc3n2)ccc1N. The molecule has 3 rings (SSSR count). The minimum Gasteiger partial charge on any atom is -0.487 e. The fourth-order valence-electron chi connectivity index (χ4n) is 2.08. The van der Waals surface area contributed by atoms with Gasteiger partial charge in [0.15, 0.2) is 0 Å². The summed E-state index contributed by atoms with van der Waals surface area (Å²) in [6.45, 7) is 2.42. The third kappa shape index (κ3) is 2.57. The number of nitrogen functional groups attached to an aromatic ring is 1. The predicted molar refractivity (Wildman–Crippen MR) is 81.7 cm³/mol. The van der Waals surface area contributed by atoms with Gasteiger partial charge in [0.1, 0.15) is 12.4 Å². The first-order valence-corrected chi connectivity index (χ1v) is 6.56. The molecule has 1 aromatic heterocycles. The van der Waals surface area contributed by atoms with Gasteiger partial charge >= 0.3 is 0 Å². The average Bonchev–Trinajstić information content (AvgIpc) is 2.48. The Morgan fingerprint density at radius 1 is 1.05 bits per heavy atom. The summed E-state index contributed by atoms with van der Waals surface area (Å²) in [5.41, 5.74) is 9.49. The molecule has 0 atom stereocenters. The van der Waals surface area contributed by atoms with Gasteiger partial charge in [0.2, 0.25) is 0 Å². The Balaban J connectivity index is 1.77. The van der Waals surface area contributed by atoms with E-state index in [2.05, 4.69) is 17.1 Å². The summed E-state index contributed by atoms with van der Waals surface area (Å²) < 4.78 is 5.76. The minimum absolute atomic E-state index is 0.453. The molecule has 0 spiro atoms. The zero-order chi connectivity index (χ0) is 13.9. The summed E-state index contributed by atoms with van der Waals surface area (Å²) in [4.78, 5) is 4.58. The zero-order valence-electron chi connectivity index (χ0n) is 11.3. The summed E-state index contributed by atoms with van der Waals surface area (Å²) >= 11 is 0. The highest BCUT2D eigenvalue weighted by atomic mass is 16.5. The number of hydrogen-bond donors (Lipinski definition) is 1. The lowest BCUT2D eigenvalue weighted by Crippen LogP contribution is -1.99. The summed E-state index contributed by atoms with van der Waals surface area (Å²) in [6, 6.07) is 17.8. The number of ether oxygens (including phenoxy) is 1. The van der Waals surface area contributed by atoms with Crippen molar-refractivity contribution in [3.8, 4) is 5.75 Å². The number of hydrogen-bond acceptors (Lipinski definition) is 3.